The van der Waals surface area contributed by atoms with E-state index in [2.05, 4.69) is 23.6 Å². The molecule has 0 saturated heterocycles. The van der Waals surface area contributed by atoms with Crippen molar-refractivity contribution >= 4 is 17.7 Å². The molecular formula is C18H27ClN2O2. The molecule has 2 rings (SSSR count). The van der Waals surface area contributed by atoms with E-state index in [0.717, 1.165) is 24.3 Å². The highest BCUT2D eigenvalue weighted by Gasteiger charge is 2.28. The molecule has 0 aliphatic heterocycles. The van der Waals surface area contributed by atoms with E-state index in [4.69, 9.17) is 16.3 Å². The van der Waals surface area contributed by atoms with E-state index in [-0.39, 0.29) is 18.2 Å². The fourth-order valence-corrected chi connectivity index (χ4v) is 3.16. The Morgan fingerprint density at radius 3 is 2.65 bits per heavy atom. The summed E-state index contributed by atoms with van der Waals surface area (Å²) in [5.41, 5.74) is 0.725. The van der Waals surface area contributed by atoms with Crippen LogP contribution in [0.4, 0.5) is 4.79 Å². The van der Waals surface area contributed by atoms with E-state index in [9.17, 15) is 4.79 Å². The van der Waals surface area contributed by atoms with Crippen LogP contribution in [0.15, 0.2) is 24.3 Å². The first-order chi connectivity index (χ1) is 10.7. The van der Waals surface area contributed by atoms with E-state index in [1.54, 1.807) is 0 Å². The molecule has 1 fully saturated rings. The molecule has 0 aromatic heterocycles. The van der Waals surface area contributed by atoms with Crippen LogP contribution < -0.4 is 10.6 Å². The van der Waals surface area contributed by atoms with Crippen LogP contribution in [0.1, 0.15) is 58.6 Å². The number of hydrogen-bond donors (Lipinski definition) is 2. The molecule has 4 nitrogen and oxygen atoms in total. The number of amides is 1. The summed E-state index contributed by atoms with van der Waals surface area (Å²) in [6, 6.07) is 8.72. The molecule has 1 aliphatic carbocycles. The lowest BCUT2D eigenvalue weighted by Crippen LogP contribution is -2.39. The second kappa shape index (κ2) is 7.54. The Balaban J connectivity index is 1.80. The molecule has 1 aromatic carbocycles. The summed E-state index contributed by atoms with van der Waals surface area (Å²) < 4.78 is 5.31. The van der Waals surface area contributed by atoms with Crippen LogP contribution in [0.5, 0.6) is 0 Å². The number of carbonyl (C=O) groups is 1. The van der Waals surface area contributed by atoms with Crippen molar-refractivity contribution < 1.29 is 9.53 Å². The zero-order chi connectivity index (χ0) is 17.0. The van der Waals surface area contributed by atoms with Crippen LogP contribution in [0, 0.1) is 0 Å². The average Bonchev–Trinajstić information content (AvgIpc) is 2.83. The number of carbonyl (C=O) groups excluding carboxylic acids is 1. The minimum Gasteiger partial charge on any atom is -0.444 e. The lowest BCUT2D eigenvalue weighted by atomic mass is 10.1. The van der Waals surface area contributed by atoms with E-state index < -0.39 is 5.60 Å². The monoisotopic (exact) mass is 338 g/mol. The minimum atomic E-state index is -0.457. The molecule has 0 heterocycles. The van der Waals surface area contributed by atoms with Crippen molar-refractivity contribution in [3.63, 3.8) is 0 Å². The van der Waals surface area contributed by atoms with Crippen LogP contribution in [-0.4, -0.2) is 23.8 Å². The summed E-state index contributed by atoms with van der Waals surface area (Å²) >= 11 is 6.05. The lowest BCUT2D eigenvalue weighted by molar-refractivity contribution is 0.0505. The van der Waals surface area contributed by atoms with Gasteiger partial charge in [0, 0.05) is 23.1 Å². The van der Waals surface area contributed by atoms with Crippen molar-refractivity contribution in [3.05, 3.63) is 34.9 Å². The third-order valence-electron chi connectivity index (χ3n) is 3.99. The van der Waals surface area contributed by atoms with E-state index >= 15 is 0 Å². The van der Waals surface area contributed by atoms with Crippen LogP contribution >= 0.6 is 11.6 Å². The Hall–Kier alpha value is -1.26. The van der Waals surface area contributed by atoms with Crippen molar-refractivity contribution in [1.82, 2.24) is 10.6 Å². The number of ether oxygens (including phenoxy) is 1. The van der Waals surface area contributed by atoms with Gasteiger partial charge in [-0.3, -0.25) is 0 Å². The second-order valence-electron chi connectivity index (χ2n) is 7.30. The first-order valence-corrected chi connectivity index (χ1v) is 8.62. The van der Waals surface area contributed by atoms with Gasteiger partial charge in [-0.05, 0) is 64.7 Å². The highest BCUT2D eigenvalue weighted by molar-refractivity contribution is 6.30. The summed E-state index contributed by atoms with van der Waals surface area (Å²) in [7, 11) is 0. The summed E-state index contributed by atoms with van der Waals surface area (Å²) in [5, 5.41) is 7.34. The normalized spacial score (nSPS) is 22.7. The van der Waals surface area contributed by atoms with Crippen molar-refractivity contribution in [2.45, 2.75) is 70.7 Å². The van der Waals surface area contributed by atoms with Gasteiger partial charge in [0.15, 0.2) is 0 Å². The summed E-state index contributed by atoms with van der Waals surface area (Å²) in [6.45, 7) is 7.76. The third kappa shape index (κ3) is 6.04. The smallest absolute Gasteiger partial charge is 0.407 e. The molecule has 0 radical (unpaired) electrons. The number of hydrogen-bond acceptors (Lipinski definition) is 3. The maximum absolute atomic E-state index is 11.8. The van der Waals surface area contributed by atoms with Crippen LogP contribution in [-0.2, 0) is 4.74 Å². The molecule has 2 N–H and O–H groups in total. The standard InChI is InChI=1S/C18H27ClN2O2/c1-12(13-6-5-7-14(19)10-13)20-15-8-9-16(11-15)21-17(22)23-18(2,3)4/h5-7,10,12,15-16,20H,8-9,11H2,1-4H3,(H,21,22). The van der Waals surface area contributed by atoms with Crippen molar-refractivity contribution in [1.29, 1.82) is 0 Å². The topological polar surface area (TPSA) is 50.4 Å². The zero-order valence-electron chi connectivity index (χ0n) is 14.4. The summed E-state index contributed by atoms with van der Waals surface area (Å²) in [4.78, 5) is 11.8. The van der Waals surface area contributed by atoms with Gasteiger partial charge in [0.05, 0.1) is 0 Å². The predicted octanol–water partition coefficient (Wildman–Crippen LogP) is 4.44. The van der Waals surface area contributed by atoms with Crippen LogP contribution in [0.3, 0.4) is 0 Å². The Bertz CT molecular complexity index is 542. The molecule has 3 unspecified atom stereocenters. The molecular weight excluding hydrogens is 312 g/mol. The van der Waals surface area contributed by atoms with Gasteiger partial charge in [-0.15, -0.1) is 0 Å². The molecule has 1 aliphatic rings. The van der Waals surface area contributed by atoms with Gasteiger partial charge in [-0.25, -0.2) is 4.79 Å². The highest BCUT2D eigenvalue weighted by Crippen LogP contribution is 2.24. The fourth-order valence-electron chi connectivity index (χ4n) is 2.96. The van der Waals surface area contributed by atoms with Crippen LogP contribution in [0.2, 0.25) is 5.02 Å². The van der Waals surface area contributed by atoms with Gasteiger partial charge in [0.25, 0.3) is 0 Å². The molecule has 5 heteroatoms. The van der Waals surface area contributed by atoms with E-state index in [1.165, 1.54) is 5.56 Å². The SMILES string of the molecule is CC(NC1CCC(NC(=O)OC(C)(C)C)C1)c1cccc(Cl)c1. The van der Waals surface area contributed by atoms with Crippen molar-refractivity contribution in [2.24, 2.45) is 0 Å². The molecule has 0 bridgehead atoms. The molecule has 23 heavy (non-hydrogen) atoms. The van der Waals surface area contributed by atoms with Gasteiger partial charge >= 0.3 is 6.09 Å². The van der Waals surface area contributed by atoms with Gasteiger partial charge in [0.1, 0.15) is 5.60 Å². The largest absolute Gasteiger partial charge is 0.444 e. The fraction of sp³-hybridized carbons (Fsp3) is 0.611. The van der Waals surface area contributed by atoms with Gasteiger partial charge in [-0.2, -0.15) is 0 Å². The van der Waals surface area contributed by atoms with Gasteiger partial charge in [-0.1, -0.05) is 23.7 Å². The molecule has 128 valence electrons. The quantitative estimate of drug-likeness (QED) is 0.853. The average molecular weight is 339 g/mol. The Labute approximate surface area is 143 Å². The number of benzene rings is 1. The number of nitrogens with one attached hydrogen (secondary N) is 2. The predicted molar refractivity (Wildman–Crippen MR) is 93.8 cm³/mol. The van der Waals surface area contributed by atoms with Gasteiger partial charge in [0.2, 0.25) is 0 Å². The molecule has 1 amide bonds. The minimum absolute atomic E-state index is 0.175. The maximum Gasteiger partial charge on any atom is 0.407 e. The first-order valence-electron chi connectivity index (χ1n) is 8.24. The lowest BCUT2D eigenvalue weighted by Gasteiger charge is -2.22. The van der Waals surface area contributed by atoms with E-state index in [0.29, 0.717) is 6.04 Å². The molecule has 0 spiro atoms. The highest BCUT2D eigenvalue weighted by atomic mass is 35.5. The zero-order valence-corrected chi connectivity index (χ0v) is 15.1. The van der Waals surface area contributed by atoms with Crippen molar-refractivity contribution in [3.8, 4) is 0 Å². The van der Waals surface area contributed by atoms with Crippen molar-refractivity contribution in [2.75, 3.05) is 0 Å². The second-order valence-corrected chi connectivity index (χ2v) is 7.73. The number of alkyl carbamates (subject to hydrolysis) is 1. The maximum atomic E-state index is 11.8. The molecule has 3 atom stereocenters. The van der Waals surface area contributed by atoms with Crippen LogP contribution in [0.25, 0.3) is 0 Å². The molecule has 1 saturated carbocycles. The first kappa shape index (κ1) is 18.1. The van der Waals surface area contributed by atoms with E-state index in [1.807, 2.05) is 39.0 Å². The number of rotatable bonds is 4. The van der Waals surface area contributed by atoms with Gasteiger partial charge < -0.3 is 15.4 Å². The Morgan fingerprint density at radius 1 is 1.30 bits per heavy atom. The Kier molecular flexibility index (Phi) is 5.93. The molecule has 1 aromatic rings. The summed E-state index contributed by atoms with van der Waals surface area (Å²) in [5.74, 6) is 0. The Morgan fingerprint density at radius 2 is 2.00 bits per heavy atom. The third-order valence-corrected chi connectivity index (χ3v) is 4.22. The summed E-state index contributed by atoms with van der Waals surface area (Å²) in [6.07, 6.45) is 2.61. The number of halogens is 1.